The second-order valence-corrected chi connectivity index (χ2v) is 6.82. The third-order valence-electron chi connectivity index (χ3n) is 3.13. The van der Waals surface area contributed by atoms with E-state index in [9.17, 15) is 4.79 Å². The minimum Gasteiger partial charge on any atom is -0.378 e. The number of hydrogen-bond donors (Lipinski definition) is 2. The largest absolute Gasteiger partial charge is 0.378 e. The Morgan fingerprint density at radius 1 is 1.19 bits per heavy atom. The normalized spacial score (nSPS) is 12.2. The zero-order valence-corrected chi connectivity index (χ0v) is 13.9. The first-order valence-electron chi connectivity index (χ1n) is 6.87. The summed E-state index contributed by atoms with van der Waals surface area (Å²) in [7, 11) is 0. The van der Waals surface area contributed by atoms with Gasteiger partial charge < -0.3 is 10.6 Å². The molecular formula is C16H19ClN2OS. The number of nitrogens with one attached hydrogen (secondary N) is 2. The van der Waals surface area contributed by atoms with E-state index in [1.807, 2.05) is 49.6 Å². The topological polar surface area (TPSA) is 41.1 Å². The Balaban J connectivity index is 2.05. The molecule has 0 spiro atoms. The number of carbonyl (C=O) groups is 1. The van der Waals surface area contributed by atoms with Crippen LogP contribution in [-0.4, -0.2) is 5.91 Å². The Labute approximate surface area is 134 Å². The van der Waals surface area contributed by atoms with Gasteiger partial charge in [-0.1, -0.05) is 31.5 Å². The van der Waals surface area contributed by atoms with Gasteiger partial charge in [0, 0.05) is 23.3 Å². The summed E-state index contributed by atoms with van der Waals surface area (Å²) in [5.41, 5.74) is 2.92. The van der Waals surface area contributed by atoms with E-state index >= 15 is 0 Å². The maximum Gasteiger partial charge on any atom is 0.226 e. The Hall–Kier alpha value is -1.52. The lowest BCUT2D eigenvalue weighted by Gasteiger charge is -2.15. The molecule has 2 aromatic rings. The summed E-state index contributed by atoms with van der Waals surface area (Å²) < 4.78 is 0.789. The maximum absolute atomic E-state index is 11.7. The summed E-state index contributed by atoms with van der Waals surface area (Å²) in [4.78, 5) is 11.7. The predicted molar refractivity (Wildman–Crippen MR) is 91.3 cm³/mol. The van der Waals surface area contributed by atoms with Crippen LogP contribution in [0.1, 0.15) is 32.4 Å². The first-order chi connectivity index (χ1) is 9.95. The Kier molecular flexibility index (Phi) is 5.26. The van der Waals surface area contributed by atoms with Crippen molar-refractivity contribution < 1.29 is 4.79 Å². The van der Waals surface area contributed by atoms with Gasteiger partial charge in [0.25, 0.3) is 0 Å². The van der Waals surface area contributed by atoms with Crippen LogP contribution < -0.4 is 10.6 Å². The second-order valence-electron chi connectivity index (χ2n) is 5.27. The van der Waals surface area contributed by atoms with Gasteiger partial charge >= 0.3 is 0 Å². The molecule has 1 unspecified atom stereocenters. The molecule has 1 heterocycles. The van der Waals surface area contributed by atoms with Gasteiger partial charge in [0.1, 0.15) is 0 Å². The van der Waals surface area contributed by atoms with Crippen LogP contribution in [0.3, 0.4) is 0 Å². The fourth-order valence-electron chi connectivity index (χ4n) is 1.86. The number of hydrogen-bond acceptors (Lipinski definition) is 3. The number of rotatable bonds is 5. The van der Waals surface area contributed by atoms with Crippen molar-refractivity contribution in [3.8, 4) is 0 Å². The molecule has 0 saturated heterocycles. The molecule has 0 aliphatic carbocycles. The summed E-state index contributed by atoms with van der Waals surface area (Å²) in [5, 5.41) is 8.36. The van der Waals surface area contributed by atoms with E-state index in [-0.39, 0.29) is 17.9 Å². The van der Waals surface area contributed by atoms with Gasteiger partial charge in [-0.3, -0.25) is 4.79 Å². The fraction of sp³-hybridized carbons (Fsp3) is 0.312. The number of carbonyl (C=O) groups excluding carboxylic acids is 1. The molecule has 0 bridgehead atoms. The number of anilines is 2. The molecule has 0 saturated carbocycles. The van der Waals surface area contributed by atoms with Crippen molar-refractivity contribution in [1.82, 2.24) is 0 Å². The van der Waals surface area contributed by atoms with E-state index in [0.29, 0.717) is 0 Å². The zero-order valence-electron chi connectivity index (χ0n) is 12.3. The monoisotopic (exact) mass is 322 g/mol. The van der Waals surface area contributed by atoms with Crippen molar-refractivity contribution in [2.45, 2.75) is 26.8 Å². The highest BCUT2D eigenvalue weighted by molar-refractivity contribution is 7.14. The molecule has 1 aromatic carbocycles. The minimum atomic E-state index is -0.0338. The van der Waals surface area contributed by atoms with E-state index in [2.05, 4.69) is 17.6 Å². The number of halogens is 1. The Morgan fingerprint density at radius 3 is 2.52 bits per heavy atom. The van der Waals surface area contributed by atoms with Crippen molar-refractivity contribution in [2.24, 2.45) is 5.92 Å². The molecule has 21 heavy (non-hydrogen) atoms. The molecule has 2 N–H and O–H groups in total. The minimum absolute atomic E-state index is 0.0183. The highest BCUT2D eigenvalue weighted by Gasteiger charge is 2.10. The molecular weight excluding hydrogens is 304 g/mol. The summed E-state index contributed by atoms with van der Waals surface area (Å²) >= 11 is 7.49. The molecule has 2 rings (SSSR count). The second kappa shape index (κ2) is 6.96. The Bertz CT molecular complexity index is 624. The molecule has 1 atom stereocenters. The third kappa shape index (κ3) is 4.48. The molecule has 0 radical (unpaired) electrons. The first-order valence-corrected chi connectivity index (χ1v) is 8.13. The van der Waals surface area contributed by atoms with E-state index in [1.54, 1.807) is 0 Å². The van der Waals surface area contributed by atoms with Gasteiger partial charge in [-0.05, 0) is 42.1 Å². The standard InChI is InChI=1S/C16H19ClN2OS/c1-10(2)16(20)19-14-6-4-5-13(8-14)18-11(3)12-7-15(17)21-9-12/h4-11,18H,1-3H3,(H,19,20). The summed E-state index contributed by atoms with van der Waals surface area (Å²) in [6.07, 6.45) is 0. The zero-order chi connectivity index (χ0) is 15.4. The van der Waals surface area contributed by atoms with Crippen LogP contribution in [0.2, 0.25) is 4.34 Å². The van der Waals surface area contributed by atoms with Crippen molar-refractivity contribution in [3.63, 3.8) is 0 Å². The SMILES string of the molecule is CC(C)C(=O)Nc1cccc(NC(C)c2csc(Cl)c2)c1. The molecule has 112 valence electrons. The highest BCUT2D eigenvalue weighted by atomic mass is 35.5. The lowest BCUT2D eigenvalue weighted by molar-refractivity contribution is -0.118. The van der Waals surface area contributed by atoms with Gasteiger partial charge in [-0.15, -0.1) is 11.3 Å². The first kappa shape index (κ1) is 15.9. The van der Waals surface area contributed by atoms with Gasteiger partial charge in [0.15, 0.2) is 0 Å². The average molecular weight is 323 g/mol. The smallest absolute Gasteiger partial charge is 0.226 e. The van der Waals surface area contributed by atoms with Gasteiger partial charge in [-0.25, -0.2) is 0 Å². The number of benzene rings is 1. The molecule has 0 fully saturated rings. The quantitative estimate of drug-likeness (QED) is 0.797. The fourth-order valence-corrected chi connectivity index (χ4v) is 2.84. The van der Waals surface area contributed by atoms with E-state index in [4.69, 9.17) is 11.6 Å². The molecule has 1 aromatic heterocycles. The lowest BCUT2D eigenvalue weighted by Crippen LogP contribution is -2.17. The van der Waals surface area contributed by atoms with Crippen LogP contribution in [0.4, 0.5) is 11.4 Å². The van der Waals surface area contributed by atoms with Crippen LogP contribution in [0.15, 0.2) is 35.7 Å². The van der Waals surface area contributed by atoms with Crippen LogP contribution in [0, 0.1) is 5.92 Å². The van der Waals surface area contributed by atoms with Crippen molar-refractivity contribution in [1.29, 1.82) is 0 Å². The molecule has 3 nitrogen and oxygen atoms in total. The Morgan fingerprint density at radius 2 is 1.90 bits per heavy atom. The average Bonchev–Trinajstić information content (AvgIpc) is 2.86. The molecule has 0 aliphatic rings. The van der Waals surface area contributed by atoms with E-state index < -0.39 is 0 Å². The van der Waals surface area contributed by atoms with Crippen LogP contribution >= 0.6 is 22.9 Å². The third-order valence-corrected chi connectivity index (χ3v) is 4.23. The summed E-state index contributed by atoms with van der Waals surface area (Å²) in [5.74, 6) is -0.0155. The van der Waals surface area contributed by atoms with E-state index in [1.165, 1.54) is 11.3 Å². The van der Waals surface area contributed by atoms with Gasteiger partial charge in [0.2, 0.25) is 5.91 Å². The van der Waals surface area contributed by atoms with Crippen LogP contribution in [0.5, 0.6) is 0 Å². The molecule has 1 amide bonds. The summed E-state index contributed by atoms with van der Waals surface area (Å²) in [6, 6.07) is 9.85. The van der Waals surface area contributed by atoms with Crippen molar-refractivity contribution in [2.75, 3.05) is 10.6 Å². The number of amides is 1. The van der Waals surface area contributed by atoms with Crippen LogP contribution in [-0.2, 0) is 4.79 Å². The van der Waals surface area contributed by atoms with Crippen LogP contribution in [0.25, 0.3) is 0 Å². The summed E-state index contributed by atoms with van der Waals surface area (Å²) in [6.45, 7) is 5.83. The number of thiophene rings is 1. The van der Waals surface area contributed by atoms with E-state index in [0.717, 1.165) is 21.3 Å². The van der Waals surface area contributed by atoms with Crippen molar-refractivity contribution >= 4 is 40.2 Å². The molecule has 5 heteroatoms. The predicted octanol–water partition coefficient (Wildman–Crippen LogP) is 5.17. The van der Waals surface area contributed by atoms with Crippen molar-refractivity contribution in [3.05, 3.63) is 45.6 Å². The maximum atomic E-state index is 11.7. The van der Waals surface area contributed by atoms with Gasteiger partial charge in [-0.2, -0.15) is 0 Å². The van der Waals surface area contributed by atoms with Gasteiger partial charge in [0.05, 0.1) is 4.34 Å². The highest BCUT2D eigenvalue weighted by Crippen LogP contribution is 2.27. The molecule has 0 aliphatic heterocycles. The lowest BCUT2D eigenvalue weighted by atomic mass is 10.1.